The van der Waals surface area contributed by atoms with Gasteiger partial charge in [-0.15, -0.1) is 0 Å². The Morgan fingerprint density at radius 1 is 1.34 bits per heavy atom. The Morgan fingerprint density at radius 2 is 2.14 bits per heavy atom. The molecule has 0 aliphatic carbocycles. The van der Waals surface area contributed by atoms with Crippen molar-refractivity contribution in [2.45, 2.75) is 13.0 Å². The Labute approximate surface area is 173 Å². The molecule has 2 aromatic heterocycles. The van der Waals surface area contributed by atoms with Crippen LogP contribution in [0.25, 0.3) is 17.0 Å². The van der Waals surface area contributed by atoms with E-state index < -0.39 is 5.97 Å². The maximum absolute atomic E-state index is 12.6. The number of aromatic nitrogens is 2. The third kappa shape index (κ3) is 4.75. The van der Waals surface area contributed by atoms with Gasteiger partial charge in [0.1, 0.15) is 12.4 Å². The van der Waals surface area contributed by atoms with E-state index in [-0.39, 0.29) is 18.5 Å². The van der Waals surface area contributed by atoms with Crippen molar-refractivity contribution < 1.29 is 14.7 Å². The van der Waals surface area contributed by atoms with Gasteiger partial charge in [0.25, 0.3) is 0 Å². The number of anilines is 1. The van der Waals surface area contributed by atoms with Crippen LogP contribution in [0.5, 0.6) is 0 Å². The van der Waals surface area contributed by atoms with Gasteiger partial charge in [0, 0.05) is 30.9 Å². The molecule has 150 valence electrons. The van der Waals surface area contributed by atoms with Crippen molar-refractivity contribution in [3.8, 4) is 0 Å². The van der Waals surface area contributed by atoms with Crippen molar-refractivity contribution in [1.82, 2.24) is 14.9 Å². The molecular weight excluding hydrogens is 392 g/mol. The Kier molecular flexibility index (Phi) is 6.19. The first-order valence-corrected chi connectivity index (χ1v) is 9.36. The van der Waals surface area contributed by atoms with Crippen LogP contribution in [-0.4, -0.2) is 45.4 Å². The third-order valence-corrected chi connectivity index (χ3v) is 5.02. The number of pyridine rings is 1. The summed E-state index contributed by atoms with van der Waals surface area (Å²) < 4.78 is 0. The van der Waals surface area contributed by atoms with Gasteiger partial charge in [-0.1, -0.05) is 23.7 Å². The van der Waals surface area contributed by atoms with E-state index in [1.807, 2.05) is 31.3 Å². The molecule has 1 amide bonds. The molecule has 7 nitrogen and oxygen atoms in total. The number of carboxylic acid groups (broad SMARTS) is 1. The molecule has 0 spiro atoms. The van der Waals surface area contributed by atoms with Gasteiger partial charge in [-0.2, -0.15) is 0 Å². The quantitative estimate of drug-likeness (QED) is 0.510. The summed E-state index contributed by atoms with van der Waals surface area (Å²) in [5.74, 6) is -0.655. The lowest BCUT2D eigenvalue weighted by Gasteiger charge is -2.23. The van der Waals surface area contributed by atoms with Crippen LogP contribution in [0.4, 0.5) is 5.82 Å². The Balaban J connectivity index is 1.67. The fourth-order valence-electron chi connectivity index (χ4n) is 2.94. The van der Waals surface area contributed by atoms with E-state index >= 15 is 0 Å². The van der Waals surface area contributed by atoms with Crippen LogP contribution >= 0.6 is 11.6 Å². The molecule has 0 aliphatic rings. The van der Waals surface area contributed by atoms with Gasteiger partial charge in [-0.25, -0.2) is 4.98 Å². The molecule has 3 aromatic rings. The number of H-pyrrole nitrogens is 1. The van der Waals surface area contributed by atoms with E-state index in [2.05, 4.69) is 15.3 Å². The molecule has 3 N–H and O–H groups in total. The zero-order valence-corrected chi connectivity index (χ0v) is 16.8. The number of likely N-dealkylation sites (N-methyl/N-ethyl adjacent to an activating group) is 1. The largest absolute Gasteiger partial charge is 0.480 e. The monoisotopic (exact) mass is 412 g/mol. The number of amides is 1. The van der Waals surface area contributed by atoms with Gasteiger partial charge in [-0.3, -0.25) is 9.59 Å². The van der Waals surface area contributed by atoms with Crippen molar-refractivity contribution in [2.75, 3.05) is 18.9 Å². The SMILES string of the molecule is CC(c1c[nH]c2c(Cl)cccc12)N(C)C(=O)/C=C/c1ccc(NCC(=O)O)nc1. The number of nitrogens with one attached hydrogen (secondary N) is 2. The third-order valence-electron chi connectivity index (χ3n) is 4.70. The average Bonchev–Trinajstić information content (AvgIpc) is 3.15. The first kappa shape index (κ1) is 20.4. The molecule has 0 radical (unpaired) electrons. The minimum atomic E-state index is -0.962. The number of hydrogen-bond donors (Lipinski definition) is 3. The molecule has 1 aromatic carbocycles. The van der Waals surface area contributed by atoms with Crippen LogP contribution in [0.1, 0.15) is 24.1 Å². The zero-order valence-electron chi connectivity index (χ0n) is 16.0. The molecule has 0 bridgehead atoms. The summed E-state index contributed by atoms with van der Waals surface area (Å²) in [5, 5.41) is 13.0. The van der Waals surface area contributed by atoms with Gasteiger partial charge < -0.3 is 20.3 Å². The summed E-state index contributed by atoms with van der Waals surface area (Å²) >= 11 is 6.22. The van der Waals surface area contributed by atoms with Gasteiger partial charge in [0.2, 0.25) is 5.91 Å². The highest BCUT2D eigenvalue weighted by atomic mass is 35.5. The first-order valence-electron chi connectivity index (χ1n) is 8.99. The molecule has 1 unspecified atom stereocenters. The Morgan fingerprint density at radius 3 is 2.83 bits per heavy atom. The molecule has 29 heavy (non-hydrogen) atoms. The number of para-hydroxylation sites is 1. The first-order chi connectivity index (χ1) is 13.9. The number of rotatable bonds is 7. The molecule has 2 heterocycles. The number of carbonyl (C=O) groups excluding carboxylic acids is 1. The highest BCUT2D eigenvalue weighted by Crippen LogP contribution is 2.31. The fraction of sp³-hybridized carbons (Fsp3) is 0.190. The van der Waals surface area contributed by atoms with E-state index in [0.29, 0.717) is 10.8 Å². The number of aromatic amines is 1. The number of carbonyl (C=O) groups is 2. The summed E-state index contributed by atoms with van der Waals surface area (Å²) in [5.41, 5.74) is 2.58. The molecular formula is C21H21ClN4O3. The topological polar surface area (TPSA) is 98.3 Å². The maximum Gasteiger partial charge on any atom is 0.322 e. The normalized spacial score (nSPS) is 12.2. The van der Waals surface area contributed by atoms with Crippen molar-refractivity contribution in [3.05, 3.63) is 65.0 Å². The number of nitrogens with zero attached hydrogens (tertiary/aromatic N) is 2. The number of fused-ring (bicyclic) bond motifs is 1. The molecule has 0 saturated heterocycles. The Hall–Kier alpha value is -3.32. The number of hydrogen-bond acceptors (Lipinski definition) is 4. The number of halogens is 1. The lowest BCUT2D eigenvalue weighted by molar-refractivity contribution is -0.135. The zero-order chi connectivity index (χ0) is 21.0. The molecule has 1 atom stereocenters. The van der Waals surface area contributed by atoms with E-state index in [1.54, 1.807) is 36.4 Å². The smallest absolute Gasteiger partial charge is 0.322 e. The molecule has 0 fully saturated rings. The van der Waals surface area contributed by atoms with Crippen LogP contribution in [0.15, 0.2) is 48.8 Å². The van der Waals surface area contributed by atoms with E-state index in [1.165, 1.54) is 6.08 Å². The van der Waals surface area contributed by atoms with Gasteiger partial charge in [-0.05, 0) is 42.3 Å². The summed E-state index contributed by atoms with van der Waals surface area (Å²) in [6.07, 6.45) is 6.60. The van der Waals surface area contributed by atoms with Gasteiger partial charge in [0.05, 0.1) is 16.6 Å². The molecule has 0 saturated carbocycles. The second kappa shape index (κ2) is 8.79. The highest BCUT2D eigenvalue weighted by molar-refractivity contribution is 6.35. The highest BCUT2D eigenvalue weighted by Gasteiger charge is 2.19. The van der Waals surface area contributed by atoms with Crippen LogP contribution in [-0.2, 0) is 9.59 Å². The predicted octanol–water partition coefficient (Wildman–Crippen LogP) is 3.95. The standard InChI is InChI=1S/C21H21ClN4O3/c1-13(16-11-25-21-15(16)4-3-5-17(21)22)26(2)19(27)9-7-14-6-8-18(23-10-14)24-12-20(28)29/h3-11,13,25H,12H2,1-2H3,(H,23,24)(H,28,29)/b9-7+. The second-order valence-electron chi connectivity index (χ2n) is 6.59. The summed E-state index contributed by atoms with van der Waals surface area (Å²) in [4.78, 5) is 32.1. The second-order valence-corrected chi connectivity index (χ2v) is 7.00. The Bertz CT molecular complexity index is 1060. The summed E-state index contributed by atoms with van der Waals surface area (Å²) in [6, 6.07) is 8.95. The van der Waals surface area contributed by atoms with Crippen LogP contribution < -0.4 is 5.32 Å². The van der Waals surface area contributed by atoms with E-state index in [4.69, 9.17) is 16.7 Å². The maximum atomic E-state index is 12.6. The minimum absolute atomic E-state index is 0.151. The average molecular weight is 413 g/mol. The van der Waals surface area contributed by atoms with E-state index in [0.717, 1.165) is 22.0 Å². The van der Waals surface area contributed by atoms with E-state index in [9.17, 15) is 9.59 Å². The van der Waals surface area contributed by atoms with Crippen molar-refractivity contribution in [3.63, 3.8) is 0 Å². The fourth-order valence-corrected chi connectivity index (χ4v) is 3.17. The van der Waals surface area contributed by atoms with Crippen LogP contribution in [0.3, 0.4) is 0 Å². The summed E-state index contributed by atoms with van der Waals surface area (Å²) in [6.45, 7) is 1.75. The lowest BCUT2D eigenvalue weighted by Crippen LogP contribution is -2.27. The number of aliphatic carboxylic acids is 1. The number of carboxylic acids is 1. The van der Waals surface area contributed by atoms with Crippen molar-refractivity contribution in [1.29, 1.82) is 0 Å². The molecule has 3 rings (SSSR count). The van der Waals surface area contributed by atoms with Crippen LogP contribution in [0.2, 0.25) is 5.02 Å². The van der Waals surface area contributed by atoms with Gasteiger partial charge in [0.15, 0.2) is 0 Å². The number of benzene rings is 1. The molecule has 8 heteroatoms. The van der Waals surface area contributed by atoms with Crippen LogP contribution in [0, 0.1) is 0 Å². The minimum Gasteiger partial charge on any atom is -0.480 e. The van der Waals surface area contributed by atoms with Gasteiger partial charge >= 0.3 is 5.97 Å². The molecule has 0 aliphatic heterocycles. The van der Waals surface area contributed by atoms with Crippen molar-refractivity contribution in [2.24, 2.45) is 0 Å². The summed E-state index contributed by atoms with van der Waals surface area (Å²) in [7, 11) is 1.75. The van der Waals surface area contributed by atoms with Crippen molar-refractivity contribution >= 4 is 46.3 Å². The lowest BCUT2D eigenvalue weighted by atomic mass is 10.1. The predicted molar refractivity (Wildman–Crippen MR) is 114 cm³/mol.